The summed E-state index contributed by atoms with van der Waals surface area (Å²) >= 11 is 7.87. The van der Waals surface area contributed by atoms with Crippen LogP contribution < -0.4 is 0 Å². The molecule has 1 fully saturated rings. The Morgan fingerprint density at radius 2 is 1.96 bits per heavy atom. The first kappa shape index (κ1) is 18.3. The van der Waals surface area contributed by atoms with Crippen LogP contribution in [0.3, 0.4) is 0 Å². The zero-order valence-corrected chi connectivity index (χ0v) is 16.3. The summed E-state index contributed by atoms with van der Waals surface area (Å²) in [5, 5.41) is 10.1. The minimum atomic E-state index is -0.210. The third-order valence-electron chi connectivity index (χ3n) is 4.54. The number of benzene rings is 1. The number of hydrogen-bond donors (Lipinski definition) is 0. The van der Waals surface area contributed by atoms with Crippen molar-refractivity contribution >= 4 is 29.3 Å². The van der Waals surface area contributed by atoms with Crippen molar-refractivity contribution in [1.29, 1.82) is 0 Å². The summed E-state index contributed by atoms with van der Waals surface area (Å²) in [7, 11) is 3.55. The van der Waals surface area contributed by atoms with Crippen molar-refractivity contribution in [3.63, 3.8) is 0 Å². The van der Waals surface area contributed by atoms with Crippen molar-refractivity contribution < 1.29 is 4.79 Å². The number of halogens is 1. The Bertz CT molecular complexity index is 755. The van der Waals surface area contributed by atoms with Gasteiger partial charge in [0.25, 0.3) is 0 Å². The molecule has 0 aliphatic heterocycles. The fraction of sp³-hybridized carbons (Fsp3) is 0.500. The molecule has 5 nitrogen and oxygen atoms in total. The van der Waals surface area contributed by atoms with E-state index >= 15 is 0 Å². The summed E-state index contributed by atoms with van der Waals surface area (Å²) in [6.07, 6.45) is 4.64. The highest BCUT2D eigenvalue weighted by molar-refractivity contribution is 8.00. The molecule has 7 heteroatoms. The molecule has 1 unspecified atom stereocenters. The number of hydrogen-bond acceptors (Lipinski definition) is 4. The van der Waals surface area contributed by atoms with Gasteiger partial charge in [-0.25, -0.2) is 0 Å². The predicted octanol–water partition coefficient (Wildman–Crippen LogP) is 4.28. The highest BCUT2D eigenvalue weighted by Gasteiger charge is 2.28. The molecular formula is C18H23ClN4OS. The maximum atomic E-state index is 12.2. The molecule has 2 aromatic rings. The van der Waals surface area contributed by atoms with Gasteiger partial charge < -0.3 is 4.90 Å². The number of thioether (sulfide) groups is 1. The molecular weight excluding hydrogens is 356 g/mol. The van der Waals surface area contributed by atoms with Gasteiger partial charge in [-0.15, -0.1) is 10.2 Å². The molecule has 1 aliphatic rings. The summed E-state index contributed by atoms with van der Waals surface area (Å²) in [5.74, 6) is 0.870. The molecule has 1 saturated carbocycles. The van der Waals surface area contributed by atoms with E-state index in [-0.39, 0.29) is 11.2 Å². The first-order valence-electron chi connectivity index (χ1n) is 8.56. The van der Waals surface area contributed by atoms with E-state index in [1.807, 2.05) is 31.2 Å². The molecule has 1 aromatic carbocycles. The summed E-state index contributed by atoms with van der Waals surface area (Å²) < 4.78 is 2.19. The monoisotopic (exact) mass is 378 g/mol. The van der Waals surface area contributed by atoms with E-state index in [0.29, 0.717) is 11.1 Å². The number of carbonyl (C=O) groups excluding carboxylic acids is 1. The van der Waals surface area contributed by atoms with Gasteiger partial charge in [0.05, 0.1) is 10.3 Å². The molecule has 134 valence electrons. The fourth-order valence-corrected chi connectivity index (χ4v) is 4.53. The molecule has 1 aliphatic carbocycles. The van der Waals surface area contributed by atoms with E-state index in [9.17, 15) is 4.79 Å². The van der Waals surface area contributed by atoms with Gasteiger partial charge in [0.2, 0.25) is 5.91 Å². The lowest BCUT2D eigenvalue weighted by atomic mass is 10.2. The molecule has 0 saturated heterocycles. The minimum Gasteiger partial charge on any atom is -0.348 e. The quantitative estimate of drug-likeness (QED) is 0.728. The molecule has 1 atom stereocenters. The summed E-state index contributed by atoms with van der Waals surface area (Å²) in [4.78, 5) is 13.9. The van der Waals surface area contributed by atoms with Gasteiger partial charge in [-0.05, 0) is 31.9 Å². The van der Waals surface area contributed by atoms with Gasteiger partial charge in [-0.1, -0.05) is 48.3 Å². The van der Waals surface area contributed by atoms with Crippen LogP contribution in [0.1, 0.15) is 38.6 Å². The Morgan fingerprint density at radius 1 is 1.28 bits per heavy atom. The average Bonchev–Trinajstić information content (AvgIpc) is 3.23. The van der Waals surface area contributed by atoms with Gasteiger partial charge in [0, 0.05) is 25.7 Å². The maximum absolute atomic E-state index is 12.2. The molecule has 1 amide bonds. The van der Waals surface area contributed by atoms with Crippen LogP contribution in [0.25, 0.3) is 11.4 Å². The minimum absolute atomic E-state index is 0.0743. The van der Waals surface area contributed by atoms with Gasteiger partial charge in [0.1, 0.15) is 0 Å². The number of aromatic nitrogens is 3. The van der Waals surface area contributed by atoms with Crippen molar-refractivity contribution in [3.8, 4) is 11.4 Å². The van der Waals surface area contributed by atoms with Crippen molar-refractivity contribution in [2.75, 3.05) is 14.1 Å². The lowest BCUT2D eigenvalue weighted by Gasteiger charge is -2.20. The summed E-state index contributed by atoms with van der Waals surface area (Å²) in [6, 6.07) is 8.08. The van der Waals surface area contributed by atoms with E-state index in [0.717, 1.165) is 29.4 Å². The lowest BCUT2D eigenvalue weighted by Crippen LogP contribution is -2.30. The van der Waals surface area contributed by atoms with Gasteiger partial charge in [0.15, 0.2) is 11.0 Å². The zero-order valence-electron chi connectivity index (χ0n) is 14.8. The Kier molecular flexibility index (Phi) is 5.69. The molecule has 0 radical (unpaired) electrons. The predicted molar refractivity (Wildman–Crippen MR) is 102 cm³/mol. The van der Waals surface area contributed by atoms with Crippen LogP contribution in [0, 0.1) is 0 Å². The second-order valence-electron chi connectivity index (χ2n) is 6.59. The number of amides is 1. The molecule has 1 heterocycles. The topological polar surface area (TPSA) is 51.0 Å². The van der Waals surface area contributed by atoms with Crippen LogP contribution in [0.4, 0.5) is 0 Å². The fourth-order valence-electron chi connectivity index (χ4n) is 3.25. The van der Waals surface area contributed by atoms with Crippen molar-refractivity contribution in [2.24, 2.45) is 0 Å². The average molecular weight is 379 g/mol. The zero-order chi connectivity index (χ0) is 18.0. The normalized spacial score (nSPS) is 16.2. The van der Waals surface area contributed by atoms with E-state index in [1.165, 1.54) is 24.6 Å². The second kappa shape index (κ2) is 7.79. The Morgan fingerprint density at radius 3 is 2.60 bits per heavy atom. The largest absolute Gasteiger partial charge is 0.348 e. The molecule has 0 bridgehead atoms. The van der Waals surface area contributed by atoms with Gasteiger partial charge in [-0.3, -0.25) is 9.36 Å². The number of nitrogens with zero attached hydrogens (tertiary/aromatic N) is 4. The van der Waals surface area contributed by atoms with Crippen LogP contribution in [0.2, 0.25) is 5.02 Å². The van der Waals surface area contributed by atoms with Crippen LogP contribution in [-0.2, 0) is 4.79 Å². The van der Waals surface area contributed by atoms with Crippen molar-refractivity contribution in [1.82, 2.24) is 19.7 Å². The molecule has 0 N–H and O–H groups in total. The molecule has 3 rings (SSSR count). The third-order valence-corrected chi connectivity index (χ3v) is 5.91. The first-order chi connectivity index (χ1) is 12.0. The smallest absolute Gasteiger partial charge is 0.235 e. The summed E-state index contributed by atoms with van der Waals surface area (Å²) in [6.45, 7) is 1.91. The molecule has 1 aromatic heterocycles. The van der Waals surface area contributed by atoms with Crippen LogP contribution >= 0.6 is 23.4 Å². The lowest BCUT2D eigenvalue weighted by molar-refractivity contribution is -0.127. The Hall–Kier alpha value is -1.53. The van der Waals surface area contributed by atoms with E-state index in [4.69, 9.17) is 11.6 Å². The molecule has 25 heavy (non-hydrogen) atoms. The third kappa shape index (κ3) is 3.85. The number of rotatable bonds is 5. The van der Waals surface area contributed by atoms with E-state index < -0.39 is 0 Å². The standard InChI is InChI=1S/C18H23ClN4OS/c1-12(17(24)22(2)3)25-18-21-20-16(14-10-6-7-11-15(14)19)23(18)13-8-4-5-9-13/h6-7,10-13H,4-5,8-9H2,1-3H3. The maximum Gasteiger partial charge on any atom is 0.235 e. The highest BCUT2D eigenvalue weighted by atomic mass is 35.5. The summed E-state index contributed by atoms with van der Waals surface area (Å²) in [5.41, 5.74) is 0.891. The highest BCUT2D eigenvalue weighted by Crippen LogP contribution is 2.39. The first-order valence-corrected chi connectivity index (χ1v) is 9.82. The van der Waals surface area contributed by atoms with Crippen LogP contribution in [0.15, 0.2) is 29.4 Å². The Balaban J connectivity index is 1.99. The van der Waals surface area contributed by atoms with Crippen LogP contribution in [0.5, 0.6) is 0 Å². The van der Waals surface area contributed by atoms with Gasteiger partial charge in [-0.2, -0.15) is 0 Å². The van der Waals surface area contributed by atoms with Gasteiger partial charge >= 0.3 is 0 Å². The second-order valence-corrected chi connectivity index (χ2v) is 8.30. The molecule has 0 spiro atoms. The van der Waals surface area contributed by atoms with E-state index in [1.54, 1.807) is 19.0 Å². The van der Waals surface area contributed by atoms with Crippen LogP contribution in [-0.4, -0.2) is 44.9 Å². The van der Waals surface area contributed by atoms with E-state index in [2.05, 4.69) is 14.8 Å². The SMILES string of the molecule is CC(Sc1nnc(-c2ccccc2Cl)n1C1CCCC1)C(=O)N(C)C. The van der Waals surface area contributed by atoms with Crippen molar-refractivity contribution in [2.45, 2.75) is 49.1 Å². The number of carbonyl (C=O) groups is 1. The Labute approximate surface area is 157 Å². The van der Waals surface area contributed by atoms with Crippen molar-refractivity contribution in [3.05, 3.63) is 29.3 Å².